The third kappa shape index (κ3) is 1.83. The third-order valence-corrected chi connectivity index (χ3v) is 2.37. The van der Waals surface area contributed by atoms with Gasteiger partial charge in [-0.1, -0.05) is 13.8 Å². The Morgan fingerprint density at radius 3 is 2.88 bits per heavy atom. The van der Waals surface area contributed by atoms with E-state index < -0.39 is 0 Å². The van der Waals surface area contributed by atoms with E-state index in [1.165, 1.54) is 10.6 Å². The molecule has 2 rings (SSSR count). The van der Waals surface area contributed by atoms with Crippen LogP contribution in [0.2, 0.25) is 0 Å². The number of aromatic nitrogens is 4. The first-order chi connectivity index (χ1) is 7.61. The number of aromatic amines is 1. The highest BCUT2D eigenvalue weighted by molar-refractivity contribution is 5.28. The minimum absolute atomic E-state index is 0.135. The van der Waals surface area contributed by atoms with Crippen LogP contribution in [0.4, 0.5) is 0 Å². The molecule has 16 heavy (non-hydrogen) atoms. The highest BCUT2D eigenvalue weighted by atomic mass is 16.1. The zero-order valence-corrected chi connectivity index (χ0v) is 9.40. The molecule has 2 heterocycles. The van der Waals surface area contributed by atoms with Gasteiger partial charge in [-0.25, -0.2) is 4.98 Å². The van der Waals surface area contributed by atoms with E-state index in [9.17, 15) is 4.79 Å². The summed E-state index contributed by atoms with van der Waals surface area (Å²) in [5, 5.41) is 2.88. The van der Waals surface area contributed by atoms with Crippen LogP contribution in [0.3, 0.4) is 0 Å². The number of nitrogens with one attached hydrogen (secondary N) is 1. The van der Waals surface area contributed by atoms with Gasteiger partial charge in [-0.15, -0.1) is 0 Å². The molecule has 0 atom stereocenters. The molecule has 86 valence electrons. The van der Waals surface area contributed by atoms with Gasteiger partial charge in [-0.05, 0) is 12.5 Å². The van der Waals surface area contributed by atoms with Crippen LogP contribution in [0, 0.1) is 0 Å². The lowest BCUT2D eigenvalue weighted by Crippen LogP contribution is -2.16. The van der Waals surface area contributed by atoms with Gasteiger partial charge in [0.1, 0.15) is 5.82 Å². The Morgan fingerprint density at radius 1 is 1.50 bits per heavy atom. The quantitative estimate of drug-likeness (QED) is 0.766. The maximum absolute atomic E-state index is 11.7. The molecule has 0 aromatic carbocycles. The monoisotopic (exact) mass is 221 g/mol. The minimum atomic E-state index is -0.135. The molecule has 2 aromatic rings. The van der Waals surface area contributed by atoms with E-state index in [1.54, 1.807) is 0 Å². The number of nitrogens with two attached hydrogens (primary N) is 1. The molecule has 0 saturated heterocycles. The average Bonchev–Trinajstić information content (AvgIpc) is 2.61. The van der Waals surface area contributed by atoms with Crippen molar-refractivity contribution >= 4 is 5.78 Å². The standard InChI is InChI=1S/C10H15N5O/c1-6(2)7-5-9(16)15-10(12-7)13-8(14-15)3-4-11/h5-6H,3-4,11H2,1-2H3,(H,12,13,14). The van der Waals surface area contributed by atoms with Crippen LogP contribution in [0.25, 0.3) is 5.78 Å². The predicted molar refractivity (Wildman–Crippen MR) is 60.5 cm³/mol. The summed E-state index contributed by atoms with van der Waals surface area (Å²) in [4.78, 5) is 20.3. The van der Waals surface area contributed by atoms with Crippen LogP contribution in [0.15, 0.2) is 10.9 Å². The zero-order valence-electron chi connectivity index (χ0n) is 9.40. The average molecular weight is 221 g/mol. The lowest BCUT2D eigenvalue weighted by atomic mass is 10.1. The van der Waals surface area contributed by atoms with E-state index >= 15 is 0 Å². The molecule has 0 aliphatic carbocycles. The molecule has 0 amide bonds. The van der Waals surface area contributed by atoms with Crippen molar-refractivity contribution < 1.29 is 0 Å². The van der Waals surface area contributed by atoms with Crippen molar-refractivity contribution in [3.8, 4) is 0 Å². The largest absolute Gasteiger partial charge is 0.330 e. The number of rotatable bonds is 3. The highest BCUT2D eigenvalue weighted by Crippen LogP contribution is 2.09. The Hall–Kier alpha value is -1.69. The Kier molecular flexibility index (Phi) is 2.74. The van der Waals surface area contributed by atoms with E-state index in [1.807, 2.05) is 13.8 Å². The fourth-order valence-corrected chi connectivity index (χ4v) is 1.49. The van der Waals surface area contributed by atoms with E-state index in [4.69, 9.17) is 5.73 Å². The van der Waals surface area contributed by atoms with Crippen molar-refractivity contribution in [2.75, 3.05) is 6.54 Å². The smallest absolute Gasteiger partial charge is 0.274 e. The Morgan fingerprint density at radius 2 is 2.25 bits per heavy atom. The van der Waals surface area contributed by atoms with Crippen molar-refractivity contribution in [1.29, 1.82) is 0 Å². The second-order valence-corrected chi connectivity index (χ2v) is 4.02. The van der Waals surface area contributed by atoms with Gasteiger partial charge in [-0.3, -0.25) is 9.89 Å². The second-order valence-electron chi connectivity index (χ2n) is 4.02. The number of hydrogen-bond acceptors (Lipinski definition) is 4. The molecule has 2 aromatic heterocycles. The van der Waals surface area contributed by atoms with E-state index in [-0.39, 0.29) is 11.5 Å². The maximum atomic E-state index is 11.7. The summed E-state index contributed by atoms with van der Waals surface area (Å²) in [7, 11) is 0. The first kappa shape index (κ1) is 10.8. The molecule has 0 aliphatic rings. The normalized spacial score (nSPS) is 11.5. The molecule has 0 bridgehead atoms. The molecule has 0 spiro atoms. The van der Waals surface area contributed by atoms with E-state index in [0.29, 0.717) is 24.6 Å². The van der Waals surface area contributed by atoms with Crippen molar-refractivity contribution in [3.05, 3.63) is 27.9 Å². The van der Waals surface area contributed by atoms with Crippen LogP contribution >= 0.6 is 0 Å². The topological polar surface area (TPSA) is 89.1 Å². The fraction of sp³-hybridized carbons (Fsp3) is 0.500. The van der Waals surface area contributed by atoms with Gasteiger partial charge in [0.05, 0.1) is 5.69 Å². The number of hydrogen-bond donors (Lipinski definition) is 2. The molecule has 0 unspecified atom stereocenters. The van der Waals surface area contributed by atoms with Crippen LogP contribution in [-0.2, 0) is 6.42 Å². The second kappa shape index (κ2) is 4.05. The molecule has 3 N–H and O–H groups in total. The minimum Gasteiger partial charge on any atom is -0.330 e. The van der Waals surface area contributed by atoms with Gasteiger partial charge in [0.2, 0.25) is 0 Å². The van der Waals surface area contributed by atoms with E-state index in [0.717, 1.165) is 5.69 Å². The molecule has 0 saturated carbocycles. The molecule has 0 fully saturated rings. The Bertz CT molecular complexity index is 554. The first-order valence-corrected chi connectivity index (χ1v) is 5.30. The summed E-state index contributed by atoms with van der Waals surface area (Å²) in [6, 6.07) is 1.53. The van der Waals surface area contributed by atoms with Crippen molar-refractivity contribution in [3.63, 3.8) is 0 Å². The SMILES string of the molecule is CC(C)c1cc(=O)n2[nH]c(CCN)nc2n1. The maximum Gasteiger partial charge on any atom is 0.274 e. The van der Waals surface area contributed by atoms with Crippen LogP contribution in [0.5, 0.6) is 0 Å². The summed E-state index contributed by atoms with van der Waals surface area (Å²) in [6.07, 6.45) is 0.611. The number of nitrogens with zero attached hydrogens (tertiary/aromatic N) is 3. The van der Waals surface area contributed by atoms with Crippen molar-refractivity contribution in [2.24, 2.45) is 5.73 Å². The molecule has 0 radical (unpaired) electrons. The van der Waals surface area contributed by atoms with Crippen molar-refractivity contribution in [1.82, 2.24) is 19.6 Å². The van der Waals surface area contributed by atoms with Crippen molar-refractivity contribution in [2.45, 2.75) is 26.2 Å². The fourth-order valence-electron chi connectivity index (χ4n) is 1.49. The first-order valence-electron chi connectivity index (χ1n) is 5.30. The number of fused-ring (bicyclic) bond motifs is 1. The number of H-pyrrole nitrogens is 1. The van der Waals surface area contributed by atoms with Gasteiger partial charge in [0, 0.05) is 12.5 Å². The summed E-state index contributed by atoms with van der Waals surface area (Å²) < 4.78 is 1.34. The third-order valence-electron chi connectivity index (χ3n) is 2.37. The predicted octanol–water partition coefficient (Wildman–Crippen LogP) is 0.0422. The summed E-state index contributed by atoms with van der Waals surface area (Å²) in [5.74, 6) is 1.32. The lowest BCUT2D eigenvalue weighted by molar-refractivity contribution is 0.787. The summed E-state index contributed by atoms with van der Waals surface area (Å²) >= 11 is 0. The van der Waals surface area contributed by atoms with Gasteiger partial charge in [0.15, 0.2) is 0 Å². The molecule has 6 nitrogen and oxygen atoms in total. The Balaban J connectivity index is 2.59. The van der Waals surface area contributed by atoms with Crippen LogP contribution in [0.1, 0.15) is 31.3 Å². The molecular weight excluding hydrogens is 206 g/mol. The summed E-state index contributed by atoms with van der Waals surface area (Å²) in [5.41, 5.74) is 6.06. The van der Waals surface area contributed by atoms with Crippen LogP contribution in [-0.4, -0.2) is 26.1 Å². The molecule has 0 aliphatic heterocycles. The molecular formula is C10H15N5O. The van der Waals surface area contributed by atoms with E-state index in [2.05, 4.69) is 15.1 Å². The van der Waals surface area contributed by atoms with Gasteiger partial charge >= 0.3 is 0 Å². The zero-order chi connectivity index (χ0) is 11.7. The van der Waals surface area contributed by atoms with Gasteiger partial charge in [0.25, 0.3) is 11.3 Å². The van der Waals surface area contributed by atoms with Crippen LogP contribution < -0.4 is 11.3 Å². The lowest BCUT2D eigenvalue weighted by Gasteiger charge is -2.01. The van der Waals surface area contributed by atoms with Gasteiger partial charge in [-0.2, -0.15) is 9.50 Å². The Labute approximate surface area is 92.5 Å². The highest BCUT2D eigenvalue weighted by Gasteiger charge is 2.09. The summed E-state index contributed by atoms with van der Waals surface area (Å²) in [6.45, 7) is 4.48. The van der Waals surface area contributed by atoms with Gasteiger partial charge < -0.3 is 5.73 Å². The molecule has 6 heteroatoms.